The van der Waals surface area contributed by atoms with E-state index in [9.17, 15) is 13.2 Å². The number of amides is 1. The maximum absolute atomic E-state index is 12.1. The molecule has 19 heavy (non-hydrogen) atoms. The second kappa shape index (κ2) is 4.94. The topological polar surface area (TPSA) is 66.5 Å². The largest absolute Gasteiger partial charge is 0.315 e. The highest BCUT2D eigenvalue weighted by atomic mass is 32.2. The van der Waals surface area contributed by atoms with Crippen molar-refractivity contribution in [2.24, 2.45) is 5.92 Å². The lowest BCUT2D eigenvalue weighted by Crippen LogP contribution is -2.27. The average molecular weight is 282 g/mol. The molecule has 0 bridgehead atoms. The summed E-state index contributed by atoms with van der Waals surface area (Å²) in [6, 6.07) is 4.81. The number of nitrogens with one attached hydrogen (secondary N) is 1. The van der Waals surface area contributed by atoms with Gasteiger partial charge in [0, 0.05) is 19.3 Å². The molecule has 0 saturated carbocycles. The van der Waals surface area contributed by atoms with Gasteiger partial charge < -0.3 is 4.90 Å². The standard InChI is InChI=1S/C13H18N2O3S/c1-9(2)8-14-19(17,18)11-4-5-12-10(6-11)7-13(16)15(12)3/h4-6,9,14H,7-8H2,1-3H3. The fourth-order valence-corrected chi connectivity index (χ4v) is 3.24. The number of anilines is 1. The third-order valence-corrected chi connectivity index (χ3v) is 4.54. The van der Waals surface area contributed by atoms with E-state index in [-0.39, 0.29) is 23.1 Å². The molecular formula is C13H18N2O3S. The van der Waals surface area contributed by atoms with Crippen molar-refractivity contribution in [2.45, 2.75) is 25.2 Å². The number of likely N-dealkylation sites (N-methyl/N-ethyl adjacent to an activating group) is 1. The fraction of sp³-hybridized carbons (Fsp3) is 0.462. The molecule has 1 aromatic rings. The molecule has 1 N–H and O–H groups in total. The number of rotatable bonds is 4. The van der Waals surface area contributed by atoms with E-state index in [0.717, 1.165) is 11.3 Å². The van der Waals surface area contributed by atoms with Crippen LogP contribution in [-0.2, 0) is 21.2 Å². The Morgan fingerprint density at radius 2 is 2.05 bits per heavy atom. The lowest BCUT2D eigenvalue weighted by molar-refractivity contribution is -0.117. The maximum Gasteiger partial charge on any atom is 0.240 e. The molecule has 0 spiro atoms. The molecule has 0 atom stereocenters. The molecule has 0 saturated heterocycles. The van der Waals surface area contributed by atoms with E-state index in [1.807, 2.05) is 13.8 Å². The molecule has 6 heteroatoms. The third kappa shape index (κ3) is 2.79. The van der Waals surface area contributed by atoms with Gasteiger partial charge in [-0.15, -0.1) is 0 Å². The van der Waals surface area contributed by atoms with Crippen molar-refractivity contribution in [1.29, 1.82) is 0 Å². The summed E-state index contributed by atoms with van der Waals surface area (Å²) in [4.78, 5) is 13.3. The summed E-state index contributed by atoms with van der Waals surface area (Å²) in [6.07, 6.45) is 0.263. The van der Waals surface area contributed by atoms with Crippen molar-refractivity contribution in [3.05, 3.63) is 23.8 Å². The number of carbonyl (C=O) groups is 1. The second-order valence-corrected chi connectivity index (χ2v) is 6.93. The van der Waals surface area contributed by atoms with Gasteiger partial charge in [0.05, 0.1) is 11.3 Å². The summed E-state index contributed by atoms with van der Waals surface area (Å²) in [6.45, 7) is 4.29. The number of sulfonamides is 1. The molecular weight excluding hydrogens is 264 g/mol. The van der Waals surface area contributed by atoms with Gasteiger partial charge in [0.25, 0.3) is 0 Å². The van der Waals surface area contributed by atoms with Crippen LogP contribution in [0.1, 0.15) is 19.4 Å². The highest BCUT2D eigenvalue weighted by Gasteiger charge is 2.26. The number of nitrogens with zero attached hydrogens (tertiary/aromatic N) is 1. The van der Waals surface area contributed by atoms with Crippen molar-refractivity contribution in [3.63, 3.8) is 0 Å². The predicted molar refractivity (Wildman–Crippen MR) is 73.6 cm³/mol. The highest BCUT2D eigenvalue weighted by Crippen LogP contribution is 2.29. The van der Waals surface area contributed by atoms with Crippen LogP contribution in [0.3, 0.4) is 0 Å². The normalized spacial score (nSPS) is 15.2. The maximum atomic E-state index is 12.1. The van der Waals surface area contributed by atoms with E-state index in [0.29, 0.717) is 6.54 Å². The molecule has 104 valence electrons. The number of fused-ring (bicyclic) bond motifs is 1. The van der Waals surface area contributed by atoms with Crippen LogP contribution in [-0.4, -0.2) is 27.9 Å². The van der Waals surface area contributed by atoms with Crippen molar-refractivity contribution in [3.8, 4) is 0 Å². The summed E-state index contributed by atoms with van der Waals surface area (Å²) in [5.41, 5.74) is 1.55. The van der Waals surface area contributed by atoms with E-state index >= 15 is 0 Å². The minimum absolute atomic E-state index is 0.0142. The molecule has 0 unspecified atom stereocenters. The number of carbonyl (C=O) groups excluding carboxylic acids is 1. The van der Waals surface area contributed by atoms with Crippen LogP contribution in [0.5, 0.6) is 0 Å². The number of hydrogen-bond donors (Lipinski definition) is 1. The van der Waals surface area contributed by atoms with E-state index in [1.54, 1.807) is 24.1 Å². The predicted octanol–water partition coefficient (Wildman–Crippen LogP) is 1.14. The molecule has 5 nitrogen and oxygen atoms in total. The van der Waals surface area contributed by atoms with Crippen LogP contribution in [0.15, 0.2) is 23.1 Å². The SMILES string of the molecule is CC(C)CNS(=O)(=O)c1ccc2c(c1)CC(=O)N2C. The Morgan fingerprint density at radius 1 is 1.37 bits per heavy atom. The first-order valence-electron chi connectivity index (χ1n) is 6.20. The molecule has 1 aliphatic heterocycles. The fourth-order valence-electron chi connectivity index (χ4n) is 1.97. The number of benzene rings is 1. The summed E-state index contributed by atoms with van der Waals surface area (Å²) >= 11 is 0. The third-order valence-electron chi connectivity index (χ3n) is 3.12. The Balaban J connectivity index is 2.29. The van der Waals surface area contributed by atoms with Gasteiger partial charge in [-0.25, -0.2) is 13.1 Å². The Hall–Kier alpha value is -1.40. The van der Waals surface area contributed by atoms with Crippen LogP contribution >= 0.6 is 0 Å². The van der Waals surface area contributed by atoms with Crippen LogP contribution in [0.4, 0.5) is 5.69 Å². The van der Waals surface area contributed by atoms with Gasteiger partial charge in [0.15, 0.2) is 0 Å². The van der Waals surface area contributed by atoms with Crippen molar-refractivity contribution >= 4 is 21.6 Å². The summed E-state index contributed by atoms with van der Waals surface area (Å²) in [5, 5.41) is 0. The van der Waals surface area contributed by atoms with Crippen molar-refractivity contribution < 1.29 is 13.2 Å². The van der Waals surface area contributed by atoms with Gasteiger partial charge in [-0.3, -0.25) is 4.79 Å². The molecule has 0 aliphatic carbocycles. The Bertz CT molecular complexity index is 608. The first-order valence-corrected chi connectivity index (χ1v) is 7.68. The zero-order chi connectivity index (χ0) is 14.2. The van der Waals surface area contributed by atoms with Gasteiger partial charge in [0.1, 0.15) is 0 Å². The van der Waals surface area contributed by atoms with E-state index < -0.39 is 10.0 Å². The first-order chi connectivity index (χ1) is 8.81. The average Bonchev–Trinajstić information content (AvgIpc) is 2.62. The van der Waals surface area contributed by atoms with E-state index in [4.69, 9.17) is 0 Å². The number of hydrogen-bond acceptors (Lipinski definition) is 3. The van der Waals surface area contributed by atoms with E-state index in [2.05, 4.69) is 4.72 Å². The minimum atomic E-state index is -3.49. The van der Waals surface area contributed by atoms with Crippen LogP contribution < -0.4 is 9.62 Å². The summed E-state index contributed by atoms with van der Waals surface area (Å²) < 4.78 is 26.7. The first kappa shape index (κ1) is 14.0. The van der Waals surface area contributed by atoms with Gasteiger partial charge in [-0.1, -0.05) is 13.8 Å². The quantitative estimate of drug-likeness (QED) is 0.900. The molecule has 0 aromatic heterocycles. The highest BCUT2D eigenvalue weighted by molar-refractivity contribution is 7.89. The zero-order valence-electron chi connectivity index (χ0n) is 11.3. The van der Waals surface area contributed by atoms with Gasteiger partial charge in [-0.2, -0.15) is 0 Å². The molecule has 1 amide bonds. The van der Waals surface area contributed by atoms with Crippen molar-refractivity contribution in [2.75, 3.05) is 18.5 Å². The smallest absolute Gasteiger partial charge is 0.240 e. The van der Waals surface area contributed by atoms with E-state index in [1.165, 1.54) is 6.07 Å². The summed E-state index contributed by atoms with van der Waals surface area (Å²) in [7, 11) is -1.80. The summed E-state index contributed by atoms with van der Waals surface area (Å²) in [5.74, 6) is 0.233. The molecule has 0 radical (unpaired) electrons. The van der Waals surface area contributed by atoms with Crippen LogP contribution in [0, 0.1) is 5.92 Å². The molecule has 2 rings (SSSR count). The lowest BCUT2D eigenvalue weighted by Gasteiger charge is -2.12. The Labute approximate surface area is 113 Å². The van der Waals surface area contributed by atoms with Crippen molar-refractivity contribution in [1.82, 2.24) is 4.72 Å². The zero-order valence-corrected chi connectivity index (χ0v) is 12.1. The Kier molecular flexibility index (Phi) is 3.64. The van der Waals surface area contributed by atoms with Gasteiger partial charge in [0.2, 0.25) is 15.9 Å². The Morgan fingerprint density at radius 3 is 2.68 bits per heavy atom. The second-order valence-electron chi connectivity index (χ2n) is 5.17. The molecule has 1 aromatic carbocycles. The van der Waals surface area contributed by atoms with Crippen LogP contribution in [0.2, 0.25) is 0 Å². The van der Waals surface area contributed by atoms with Gasteiger partial charge in [-0.05, 0) is 29.7 Å². The molecule has 1 aliphatic rings. The minimum Gasteiger partial charge on any atom is -0.315 e. The monoisotopic (exact) mass is 282 g/mol. The van der Waals surface area contributed by atoms with Crippen LogP contribution in [0.25, 0.3) is 0 Å². The van der Waals surface area contributed by atoms with Gasteiger partial charge >= 0.3 is 0 Å². The lowest BCUT2D eigenvalue weighted by atomic mass is 10.2. The molecule has 1 heterocycles. The molecule has 0 fully saturated rings.